The Morgan fingerprint density at radius 1 is 1.00 bits per heavy atom. The summed E-state index contributed by atoms with van der Waals surface area (Å²) >= 11 is 1.58. The van der Waals surface area contributed by atoms with E-state index in [2.05, 4.69) is 31.4 Å². The van der Waals surface area contributed by atoms with E-state index in [9.17, 15) is 9.59 Å². The zero-order chi connectivity index (χ0) is 19.4. The predicted molar refractivity (Wildman–Crippen MR) is 108 cm³/mol. The van der Waals surface area contributed by atoms with Crippen LogP contribution in [0, 0.1) is 0 Å². The Morgan fingerprint density at radius 3 is 2.44 bits per heavy atom. The Labute approximate surface area is 162 Å². The van der Waals surface area contributed by atoms with Crippen LogP contribution in [0.25, 0.3) is 0 Å². The lowest BCUT2D eigenvalue weighted by Gasteiger charge is -2.17. The molecule has 2 aromatic carbocycles. The number of benzene rings is 2. The maximum absolute atomic E-state index is 12.5. The Hall–Kier alpha value is -2.67. The zero-order valence-corrected chi connectivity index (χ0v) is 16.3. The van der Waals surface area contributed by atoms with Crippen LogP contribution in [0.2, 0.25) is 0 Å². The standard InChI is InChI=1S/C20H22N2O4S/c1-20(2,3)27-11-18(23)21-14-5-4-6-15(10-14)22-19(24)13-7-8-16-17(9-13)26-12-25-16/h4-10H,11-12H2,1-3H3,(H,21,23)(H,22,24). The largest absolute Gasteiger partial charge is 0.454 e. The van der Waals surface area contributed by atoms with Crippen molar-refractivity contribution in [3.8, 4) is 11.5 Å². The van der Waals surface area contributed by atoms with Crippen molar-refractivity contribution >= 4 is 35.0 Å². The topological polar surface area (TPSA) is 76.7 Å². The molecule has 2 aromatic rings. The molecule has 2 N–H and O–H groups in total. The van der Waals surface area contributed by atoms with Gasteiger partial charge in [0.05, 0.1) is 5.75 Å². The second-order valence-electron chi connectivity index (χ2n) is 7.05. The highest BCUT2D eigenvalue weighted by Crippen LogP contribution is 2.32. The zero-order valence-electron chi connectivity index (χ0n) is 15.5. The first-order valence-corrected chi connectivity index (χ1v) is 9.54. The number of carbonyl (C=O) groups is 2. The van der Waals surface area contributed by atoms with Gasteiger partial charge in [0.25, 0.3) is 5.91 Å². The van der Waals surface area contributed by atoms with Crippen LogP contribution < -0.4 is 20.1 Å². The van der Waals surface area contributed by atoms with Crippen LogP contribution in [0.5, 0.6) is 11.5 Å². The molecule has 2 amide bonds. The molecule has 0 radical (unpaired) electrons. The van der Waals surface area contributed by atoms with Crippen molar-refractivity contribution in [2.45, 2.75) is 25.5 Å². The number of ether oxygens (including phenoxy) is 2. The molecule has 0 saturated carbocycles. The molecule has 1 aliphatic rings. The van der Waals surface area contributed by atoms with Crippen LogP contribution in [0.15, 0.2) is 42.5 Å². The molecule has 0 aromatic heterocycles. The summed E-state index contributed by atoms with van der Waals surface area (Å²) in [5.41, 5.74) is 1.70. The lowest BCUT2D eigenvalue weighted by molar-refractivity contribution is -0.113. The molecule has 0 atom stereocenters. The Balaban J connectivity index is 1.62. The van der Waals surface area contributed by atoms with E-state index < -0.39 is 0 Å². The Morgan fingerprint density at radius 2 is 1.70 bits per heavy atom. The molecule has 27 heavy (non-hydrogen) atoms. The highest BCUT2D eigenvalue weighted by atomic mass is 32.2. The molecule has 1 heterocycles. The van der Waals surface area contributed by atoms with E-state index in [0.29, 0.717) is 34.2 Å². The maximum Gasteiger partial charge on any atom is 0.255 e. The van der Waals surface area contributed by atoms with Gasteiger partial charge in [-0.25, -0.2) is 0 Å². The summed E-state index contributed by atoms with van der Waals surface area (Å²) in [6.45, 7) is 6.36. The van der Waals surface area contributed by atoms with Gasteiger partial charge in [0.15, 0.2) is 11.5 Å². The summed E-state index contributed by atoms with van der Waals surface area (Å²) in [5.74, 6) is 1.22. The van der Waals surface area contributed by atoms with Crippen LogP contribution in [0.4, 0.5) is 11.4 Å². The summed E-state index contributed by atoms with van der Waals surface area (Å²) in [4.78, 5) is 24.5. The van der Waals surface area contributed by atoms with E-state index in [-0.39, 0.29) is 23.4 Å². The smallest absolute Gasteiger partial charge is 0.255 e. The fourth-order valence-corrected chi connectivity index (χ4v) is 3.03. The van der Waals surface area contributed by atoms with Gasteiger partial charge in [-0.2, -0.15) is 0 Å². The van der Waals surface area contributed by atoms with Crippen LogP contribution in [-0.2, 0) is 4.79 Å². The first kappa shape index (κ1) is 19.1. The molecule has 6 nitrogen and oxygen atoms in total. The fraction of sp³-hybridized carbons (Fsp3) is 0.300. The Kier molecular flexibility index (Phi) is 5.60. The van der Waals surface area contributed by atoms with Crippen molar-refractivity contribution in [2.24, 2.45) is 0 Å². The third-order valence-electron chi connectivity index (χ3n) is 3.68. The van der Waals surface area contributed by atoms with E-state index >= 15 is 0 Å². The number of rotatable bonds is 5. The SMILES string of the molecule is CC(C)(C)SCC(=O)Nc1cccc(NC(=O)c2ccc3c(c2)OCO3)c1. The summed E-state index contributed by atoms with van der Waals surface area (Å²) < 4.78 is 10.6. The van der Waals surface area contributed by atoms with Crippen molar-refractivity contribution in [1.29, 1.82) is 0 Å². The van der Waals surface area contributed by atoms with Gasteiger partial charge in [-0.1, -0.05) is 26.8 Å². The second-order valence-corrected chi connectivity index (χ2v) is 8.85. The maximum atomic E-state index is 12.5. The van der Waals surface area contributed by atoms with Crippen molar-refractivity contribution in [2.75, 3.05) is 23.2 Å². The van der Waals surface area contributed by atoms with Gasteiger partial charge in [0.2, 0.25) is 12.7 Å². The lowest BCUT2D eigenvalue weighted by atomic mass is 10.2. The van der Waals surface area contributed by atoms with E-state index in [4.69, 9.17) is 9.47 Å². The fourth-order valence-electron chi connectivity index (χ4n) is 2.39. The van der Waals surface area contributed by atoms with Crippen LogP contribution in [0.3, 0.4) is 0 Å². The molecular formula is C20H22N2O4S. The average Bonchev–Trinajstić information content (AvgIpc) is 3.07. The van der Waals surface area contributed by atoms with Gasteiger partial charge in [-0.3, -0.25) is 9.59 Å². The van der Waals surface area contributed by atoms with Crippen molar-refractivity contribution < 1.29 is 19.1 Å². The molecule has 0 unspecified atom stereocenters. The highest BCUT2D eigenvalue weighted by molar-refractivity contribution is 8.01. The van der Waals surface area contributed by atoms with Crippen molar-refractivity contribution in [3.63, 3.8) is 0 Å². The molecule has 0 bridgehead atoms. The number of amides is 2. The van der Waals surface area contributed by atoms with Crippen LogP contribution in [-0.4, -0.2) is 29.1 Å². The molecule has 0 aliphatic carbocycles. The van der Waals surface area contributed by atoms with E-state index in [1.165, 1.54) is 0 Å². The summed E-state index contributed by atoms with van der Waals surface area (Å²) in [7, 11) is 0. The molecular weight excluding hydrogens is 364 g/mol. The molecule has 7 heteroatoms. The molecule has 142 valence electrons. The first-order valence-electron chi connectivity index (χ1n) is 8.55. The van der Waals surface area contributed by atoms with Gasteiger partial charge in [0, 0.05) is 21.7 Å². The summed E-state index contributed by atoms with van der Waals surface area (Å²) in [5, 5.41) is 5.68. The third kappa shape index (κ3) is 5.40. The minimum Gasteiger partial charge on any atom is -0.454 e. The average molecular weight is 386 g/mol. The Bertz CT molecular complexity index is 861. The monoisotopic (exact) mass is 386 g/mol. The number of carbonyl (C=O) groups excluding carboxylic acids is 2. The molecule has 1 aliphatic heterocycles. The van der Waals surface area contributed by atoms with Crippen molar-refractivity contribution in [3.05, 3.63) is 48.0 Å². The van der Waals surface area contributed by atoms with Gasteiger partial charge in [-0.05, 0) is 36.4 Å². The normalized spacial score (nSPS) is 12.6. The number of nitrogens with one attached hydrogen (secondary N) is 2. The number of hydrogen-bond donors (Lipinski definition) is 2. The molecule has 0 fully saturated rings. The molecule has 0 spiro atoms. The van der Waals surface area contributed by atoms with E-state index in [0.717, 1.165) is 0 Å². The molecule has 3 rings (SSSR count). The van der Waals surface area contributed by atoms with Gasteiger partial charge in [0.1, 0.15) is 0 Å². The van der Waals surface area contributed by atoms with Crippen LogP contribution in [0.1, 0.15) is 31.1 Å². The summed E-state index contributed by atoms with van der Waals surface area (Å²) in [6.07, 6.45) is 0. The van der Waals surface area contributed by atoms with E-state index in [1.807, 2.05) is 0 Å². The molecule has 0 saturated heterocycles. The first-order chi connectivity index (χ1) is 12.8. The number of hydrogen-bond acceptors (Lipinski definition) is 5. The predicted octanol–water partition coefficient (Wildman–Crippen LogP) is 4.14. The minimum absolute atomic E-state index is 0.0256. The number of anilines is 2. The third-order valence-corrected chi connectivity index (χ3v) is 4.95. The van der Waals surface area contributed by atoms with Crippen LogP contribution >= 0.6 is 11.8 Å². The highest BCUT2D eigenvalue weighted by Gasteiger charge is 2.17. The minimum atomic E-state index is -0.264. The summed E-state index contributed by atoms with van der Waals surface area (Å²) in [6, 6.07) is 12.1. The second kappa shape index (κ2) is 7.92. The van der Waals surface area contributed by atoms with Gasteiger partial charge in [-0.15, -0.1) is 11.8 Å². The van der Waals surface area contributed by atoms with E-state index in [1.54, 1.807) is 54.2 Å². The lowest BCUT2D eigenvalue weighted by Crippen LogP contribution is -2.19. The van der Waals surface area contributed by atoms with Gasteiger partial charge >= 0.3 is 0 Å². The quantitative estimate of drug-likeness (QED) is 0.808. The number of fused-ring (bicyclic) bond motifs is 1. The van der Waals surface area contributed by atoms with Crippen molar-refractivity contribution in [1.82, 2.24) is 0 Å². The van der Waals surface area contributed by atoms with Gasteiger partial charge < -0.3 is 20.1 Å². The number of thioether (sulfide) groups is 1.